The molecule has 0 radical (unpaired) electrons. The van der Waals surface area contributed by atoms with Crippen LogP contribution in [0, 0.1) is 12.7 Å². The molecule has 3 aromatic carbocycles. The van der Waals surface area contributed by atoms with Crippen molar-refractivity contribution < 1.29 is 8.81 Å². The van der Waals surface area contributed by atoms with Gasteiger partial charge < -0.3 is 9.73 Å². The third-order valence-electron chi connectivity index (χ3n) is 4.34. The zero-order valence-corrected chi connectivity index (χ0v) is 15.8. The molecule has 0 saturated heterocycles. The van der Waals surface area contributed by atoms with E-state index in [1.54, 1.807) is 6.07 Å². The van der Waals surface area contributed by atoms with Crippen molar-refractivity contribution in [2.45, 2.75) is 13.0 Å². The standard InChI is InChI=1S/C22H17ClFN3O/c1-14-7-10-17(11-8-14)25-20(18-12-9-16(24)13-19(18)23)22-27-26-21(28-22)15-5-3-2-4-6-15/h2-13,20,25H,1H3. The van der Waals surface area contributed by atoms with Crippen LogP contribution in [0.4, 0.5) is 10.1 Å². The monoisotopic (exact) mass is 393 g/mol. The quantitative estimate of drug-likeness (QED) is 0.449. The number of hydrogen-bond donors (Lipinski definition) is 1. The molecular weight excluding hydrogens is 377 g/mol. The van der Waals surface area contributed by atoms with Crippen molar-refractivity contribution in [3.8, 4) is 11.5 Å². The molecule has 6 heteroatoms. The smallest absolute Gasteiger partial charge is 0.247 e. The van der Waals surface area contributed by atoms with Crippen LogP contribution in [-0.4, -0.2) is 10.2 Å². The number of anilines is 1. The molecule has 0 aliphatic rings. The van der Waals surface area contributed by atoms with E-state index in [1.165, 1.54) is 12.1 Å². The van der Waals surface area contributed by atoms with E-state index < -0.39 is 11.9 Å². The molecule has 0 spiro atoms. The molecule has 1 atom stereocenters. The number of rotatable bonds is 5. The second kappa shape index (κ2) is 7.82. The van der Waals surface area contributed by atoms with Gasteiger partial charge in [0.05, 0.1) is 0 Å². The number of nitrogens with one attached hydrogen (secondary N) is 1. The third kappa shape index (κ3) is 3.89. The molecule has 28 heavy (non-hydrogen) atoms. The van der Waals surface area contributed by atoms with Crippen molar-refractivity contribution in [1.29, 1.82) is 0 Å². The Bertz CT molecular complexity index is 1080. The first-order valence-electron chi connectivity index (χ1n) is 8.77. The zero-order valence-electron chi connectivity index (χ0n) is 15.1. The highest BCUT2D eigenvalue weighted by atomic mass is 35.5. The van der Waals surface area contributed by atoms with Crippen LogP contribution in [0.2, 0.25) is 5.02 Å². The van der Waals surface area contributed by atoms with E-state index in [0.717, 1.165) is 16.8 Å². The molecule has 140 valence electrons. The lowest BCUT2D eigenvalue weighted by atomic mass is 10.1. The Morgan fingerprint density at radius 1 is 0.964 bits per heavy atom. The number of hydrogen-bond acceptors (Lipinski definition) is 4. The zero-order chi connectivity index (χ0) is 19.5. The van der Waals surface area contributed by atoms with Crippen molar-refractivity contribution in [1.82, 2.24) is 10.2 Å². The molecule has 4 aromatic rings. The van der Waals surface area contributed by atoms with Crippen LogP contribution in [0.15, 0.2) is 77.2 Å². The van der Waals surface area contributed by atoms with Gasteiger partial charge >= 0.3 is 0 Å². The third-order valence-corrected chi connectivity index (χ3v) is 4.67. The Hall–Kier alpha value is -3.18. The summed E-state index contributed by atoms with van der Waals surface area (Å²) in [6.07, 6.45) is 0. The lowest BCUT2D eigenvalue weighted by molar-refractivity contribution is 0.494. The van der Waals surface area contributed by atoms with E-state index in [0.29, 0.717) is 17.3 Å². The molecule has 1 unspecified atom stereocenters. The predicted octanol–water partition coefficient (Wildman–Crippen LogP) is 6.04. The fourth-order valence-electron chi connectivity index (χ4n) is 2.87. The highest BCUT2D eigenvalue weighted by Gasteiger charge is 2.24. The molecule has 0 aliphatic carbocycles. The van der Waals surface area contributed by atoms with E-state index in [9.17, 15) is 4.39 Å². The fourth-order valence-corrected chi connectivity index (χ4v) is 3.15. The topological polar surface area (TPSA) is 51.0 Å². The van der Waals surface area contributed by atoms with Crippen LogP contribution in [0.5, 0.6) is 0 Å². The Morgan fingerprint density at radius 2 is 1.71 bits per heavy atom. The first kappa shape index (κ1) is 18.2. The van der Waals surface area contributed by atoms with Crippen LogP contribution in [-0.2, 0) is 0 Å². The summed E-state index contributed by atoms with van der Waals surface area (Å²) in [5.74, 6) is 0.343. The second-order valence-electron chi connectivity index (χ2n) is 6.42. The number of aryl methyl sites for hydroxylation is 1. The van der Waals surface area contributed by atoms with Gasteiger partial charge in [-0.15, -0.1) is 10.2 Å². The summed E-state index contributed by atoms with van der Waals surface area (Å²) < 4.78 is 19.5. The van der Waals surface area contributed by atoms with Crippen molar-refractivity contribution in [3.63, 3.8) is 0 Å². The van der Waals surface area contributed by atoms with Gasteiger partial charge in [-0.25, -0.2) is 4.39 Å². The van der Waals surface area contributed by atoms with Crippen molar-refractivity contribution in [3.05, 3.63) is 101 Å². The van der Waals surface area contributed by atoms with Crippen molar-refractivity contribution >= 4 is 17.3 Å². The average molecular weight is 394 g/mol. The summed E-state index contributed by atoms with van der Waals surface area (Å²) >= 11 is 6.32. The molecule has 4 nitrogen and oxygen atoms in total. The SMILES string of the molecule is Cc1ccc(NC(c2nnc(-c3ccccc3)o2)c2ccc(F)cc2Cl)cc1. The highest BCUT2D eigenvalue weighted by molar-refractivity contribution is 6.31. The minimum Gasteiger partial charge on any atom is -0.418 e. The number of nitrogens with zero attached hydrogens (tertiary/aromatic N) is 2. The Morgan fingerprint density at radius 3 is 2.43 bits per heavy atom. The van der Waals surface area contributed by atoms with Gasteiger partial charge in [0.15, 0.2) is 0 Å². The minimum atomic E-state index is -0.527. The number of aromatic nitrogens is 2. The Balaban J connectivity index is 1.74. The van der Waals surface area contributed by atoms with E-state index in [4.69, 9.17) is 16.0 Å². The molecule has 0 aliphatic heterocycles. The van der Waals surface area contributed by atoms with Gasteiger partial charge in [-0.05, 0) is 43.3 Å². The number of benzene rings is 3. The van der Waals surface area contributed by atoms with Crippen molar-refractivity contribution in [2.24, 2.45) is 0 Å². The van der Waals surface area contributed by atoms with E-state index in [1.807, 2.05) is 61.5 Å². The Labute approximate surface area is 167 Å². The maximum Gasteiger partial charge on any atom is 0.247 e. The summed E-state index contributed by atoms with van der Waals surface area (Å²) in [5, 5.41) is 12.0. The lowest BCUT2D eigenvalue weighted by Gasteiger charge is -2.18. The lowest BCUT2D eigenvalue weighted by Crippen LogP contribution is -2.13. The molecule has 0 amide bonds. The van der Waals surface area contributed by atoms with Gasteiger partial charge in [0.25, 0.3) is 0 Å². The largest absolute Gasteiger partial charge is 0.418 e. The maximum absolute atomic E-state index is 13.6. The van der Waals surface area contributed by atoms with Crippen LogP contribution in [0.25, 0.3) is 11.5 Å². The fraction of sp³-hybridized carbons (Fsp3) is 0.0909. The average Bonchev–Trinajstić information content (AvgIpc) is 3.19. The number of halogens is 2. The molecule has 1 aromatic heterocycles. The summed E-state index contributed by atoms with van der Waals surface area (Å²) in [6, 6.07) is 21.1. The Kier molecular flexibility index (Phi) is 5.08. The molecular formula is C22H17ClFN3O. The van der Waals surface area contributed by atoms with Crippen LogP contribution < -0.4 is 5.32 Å². The van der Waals surface area contributed by atoms with Gasteiger partial charge in [0.2, 0.25) is 11.8 Å². The highest BCUT2D eigenvalue weighted by Crippen LogP contribution is 2.32. The molecule has 4 rings (SSSR count). The van der Waals surface area contributed by atoms with Crippen LogP contribution in [0.3, 0.4) is 0 Å². The summed E-state index contributed by atoms with van der Waals surface area (Å²) in [7, 11) is 0. The minimum absolute atomic E-state index is 0.282. The molecule has 0 bridgehead atoms. The van der Waals surface area contributed by atoms with Gasteiger partial charge in [-0.3, -0.25) is 0 Å². The van der Waals surface area contributed by atoms with Gasteiger partial charge in [-0.2, -0.15) is 0 Å². The molecule has 1 heterocycles. The van der Waals surface area contributed by atoms with E-state index >= 15 is 0 Å². The second-order valence-corrected chi connectivity index (χ2v) is 6.83. The van der Waals surface area contributed by atoms with Gasteiger partial charge in [0, 0.05) is 21.8 Å². The first-order chi connectivity index (χ1) is 13.6. The normalized spacial score (nSPS) is 12.0. The van der Waals surface area contributed by atoms with Gasteiger partial charge in [0.1, 0.15) is 11.9 Å². The summed E-state index contributed by atoms with van der Waals surface area (Å²) in [6.45, 7) is 2.02. The van der Waals surface area contributed by atoms with Crippen LogP contribution >= 0.6 is 11.6 Å². The van der Waals surface area contributed by atoms with E-state index in [-0.39, 0.29) is 5.02 Å². The molecule has 0 saturated carbocycles. The molecule has 0 fully saturated rings. The van der Waals surface area contributed by atoms with Gasteiger partial charge in [-0.1, -0.05) is 53.6 Å². The van der Waals surface area contributed by atoms with E-state index in [2.05, 4.69) is 15.5 Å². The summed E-state index contributed by atoms with van der Waals surface area (Å²) in [4.78, 5) is 0. The summed E-state index contributed by atoms with van der Waals surface area (Å²) in [5.41, 5.74) is 3.47. The molecule has 1 N–H and O–H groups in total. The van der Waals surface area contributed by atoms with Crippen molar-refractivity contribution in [2.75, 3.05) is 5.32 Å². The first-order valence-corrected chi connectivity index (χ1v) is 9.15. The maximum atomic E-state index is 13.6. The predicted molar refractivity (Wildman–Crippen MR) is 108 cm³/mol. The van der Waals surface area contributed by atoms with Crippen LogP contribution in [0.1, 0.15) is 23.1 Å².